The third-order valence-electron chi connectivity index (χ3n) is 3.57. The maximum Gasteiger partial charge on any atom is 0.294 e. The van der Waals surface area contributed by atoms with Gasteiger partial charge in [-0.2, -0.15) is 4.31 Å². The molecule has 3 rings (SSSR count). The number of anilines is 1. The van der Waals surface area contributed by atoms with Gasteiger partial charge in [0, 0.05) is 18.8 Å². The van der Waals surface area contributed by atoms with E-state index in [4.69, 9.17) is 14.2 Å². The lowest BCUT2D eigenvalue weighted by molar-refractivity contribution is -0.117. The standard InChI is InChI=1S/C15H18N2O6S/c18-15(14-11-22-8-9-23-14)16-12-2-1-3-13(10-12)24(19,20)17-4-6-21-7-5-17/h1-3,10-11H,4-9H2,(H,16,18). The number of hydrogen-bond donors (Lipinski definition) is 1. The Morgan fingerprint density at radius 3 is 2.62 bits per heavy atom. The van der Waals surface area contributed by atoms with Gasteiger partial charge in [-0.3, -0.25) is 4.79 Å². The van der Waals surface area contributed by atoms with Crippen molar-refractivity contribution in [2.75, 3.05) is 44.8 Å². The van der Waals surface area contributed by atoms with Crippen LogP contribution in [0.15, 0.2) is 41.2 Å². The van der Waals surface area contributed by atoms with Crippen LogP contribution in [0.25, 0.3) is 0 Å². The molecule has 1 fully saturated rings. The number of carbonyl (C=O) groups excluding carboxylic acids is 1. The van der Waals surface area contributed by atoms with E-state index in [0.717, 1.165) is 0 Å². The van der Waals surface area contributed by atoms with Gasteiger partial charge in [-0.05, 0) is 18.2 Å². The average molecular weight is 354 g/mol. The van der Waals surface area contributed by atoms with Crippen molar-refractivity contribution in [1.29, 1.82) is 0 Å². The quantitative estimate of drug-likeness (QED) is 0.848. The van der Waals surface area contributed by atoms with Gasteiger partial charge in [-0.25, -0.2) is 8.42 Å². The van der Waals surface area contributed by atoms with Crippen LogP contribution in [0.4, 0.5) is 5.69 Å². The Balaban J connectivity index is 1.76. The summed E-state index contributed by atoms with van der Waals surface area (Å²) in [4.78, 5) is 12.2. The van der Waals surface area contributed by atoms with E-state index < -0.39 is 15.9 Å². The van der Waals surface area contributed by atoms with Crippen molar-refractivity contribution in [2.45, 2.75) is 4.90 Å². The lowest BCUT2D eigenvalue weighted by atomic mass is 10.3. The Kier molecular flexibility index (Phi) is 5.03. The van der Waals surface area contributed by atoms with Crippen molar-refractivity contribution in [3.63, 3.8) is 0 Å². The molecule has 0 spiro atoms. The monoisotopic (exact) mass is 354 g/mol. The van der Waals surface area contributed by atoms with Gasteiger partial charge in [0.1, 0.15) is 19.5 Å². The molecule has 2 aliphatic rings. The average Bonchev–Trinajstić information content (AvgIpc) is 2.63. The van der Waals surface area contributed by atoms with E-state index in [1.807, 2.05) is 0 Å². The molecule has 8 nitrogen and oxygen atoms in total. The summed E-state index contributed by atoms with van der Waals surface area (Å²) in [5.41, 5.74) is 0.365. The molecule has 0 aliphatic carbocycles. The maximum atomic E-state index is 12.6. The molecule has 2 heterocycles. The van der Waals surface area contributed by atoms with E-state index in [1.54, 1.807) is 12.1 Å². The summed E-state index contributed by atoms with van der Waals surface area (Å²) in [6, 6.07) is 6.11. The van der Waals surface area contributed by atoms with Gasteiger partial charge in [-0.1, -0.05) is 6.07 Å². The first kappa shape index (κ1) is 16.7. The second-order valence-corrected chi connectivity index (χ2v) is 7.14. The fourth-order valence-electron chi connectivity index (χ4n) is 2.35. The van der Waals surface area contributed by atoms with Gasteiger partial charge in [0.25, 0.3) is 5.91 Å². The molecule has 0 atom stereocenters. The Labute approximate surface area is 140 Å². The van der Waals surface area contributed by atoms with Crippen LogP contribution in [0.3, 0.4) is 0 Å². The number of ether oxygens (including phenoxy) is 3. The van der Waals surface area contributed by atoms with E-state index in [1.165, 1.54) is 22.7 Å². The van der Waals surface area contributed by atoms with Crippen LogP contribution in [0, 0.1) is 0 Å². The smallest absolute Gasteiger partial charge is 0.294 e. The fourth-order valence-corrected chi connectivity index (χ4v) is 3.80. The first-order valence-corrected chi connectivity index (χ1v) is 8.95. The first-order valence-electron chi connectivity index (χ1n) is 7.51. The van der Waals surface area contributed by atoms with E-state index >= 15 is 0 Å². The normalized spacial score (nSPS) is 18.9. The number of morpholine rings is 1. The van der Waals surface area contributed by atoms with Crippen molar-refractivity contribution in [1.82, 2.24) is 4.31 Å². The predicted molar refractivity (Wildman–Crippen MR) is 84.6 cm³/mol. The zero-order valence-electron chi connectivity index (χ0n) is 12.9. The third-order valence-corrected chi connectivity index (χ3v) is 5.47. The van der Waals surface area contributed by atoms with Crippen LogP contribution < -0.4 is 5.32 Å². The van der Waals surface area contributed by atoms with Crippen LogP contribution in [-0.2, 0) is 29.0 Å². The van der Waals surface area contributed by atoms with Crippen molar-refractivity contribution < 1.29 is 27.4 Å². The van der Waals surface area contributed by atoms with Crippen molar-refractivity contribution in [3.05, 3.63) is 36.3 Å². The summed E-state index contributed by atoms with van der Waals surface area (Å²) < 4.78 is 42.0. The molecular formula is C15H18N2O6S. The zero-order valence-corrected chi connectivity index (χ0v) is 13.8. The van der Waals surface area contributed by atoms with Crippen LogP contribution in [0.2, 0.25) is 0 Å². The summed E-state index contributed by atoms with van der Waals surface area (Å²) in [5, 5.41) is 2.61. The number of sulfonamides is 1. The Morgan fingerprint density at radius 1 is 1.12 bits per heavy atom. The van der Waals surface area contributed by atoms with E-state index in [-0.39, 0.29) is 10.7 Å². The highest BCUT2D eigenvalue weighted by Gasteiger charge is 2.26. The Hall–Kier alpha value is -2.10. The van der Waals surface area contributed by atoms with Crippen LogP contribution in [0.1, 0.15) is 0 Å². The van der Waals surface area contributed by atoms with Crippen LogP contribution in [-0.4, -0.2) is 58.1 Å². The molecule has 0 radical (unpaired) electrons. The molecule has 1 saturated heterocycles. The highest BCUT2D eigenvalue weighted by Crippen LogP contribution is 2.21. The van der Waals surface area contributed by atoms with Crippen LogP contribution in [0.5, 0.6) is 0 Å². The van der Waals surface area contributed by atoms with E-state index in [9.17, 15) is 13.2 Å². The van der Waals surface area contributed by atoms with Gasteiger partial charge in [0.05, 0.1) is 18.1 Å². The number of benzene rings is 1. The first-order chi connectivity index (χ1) is 11.6. The fraction of sp³-hybridized carbons (Fsp3) is 0.400. The van der Waals surface area contributed by atoms with Crippen molar-refractivity contribution >= 4 is 21.6 Å². The minimum absolute atomic E-state index is 0.0580. The minimum atomic E-state index is -3.61. The third kappa shape index (κ3) is 3.69. The molecule has 0 unspecified atom stereocenters. The molecule has 1 amide bonds. The largest absolute Gasteiger partial charge is 0.494 e. The second kappa shape index (κ2) is 7.20. The molecule has 130 valence electrons. The Bertz CT molecular complexity index is 740. The molecule has 9 heteroatoms. The highest BCUT2D eigenvalue weighted by atomic mass is 32.2. The topological polar surface area (TPSA) is 94.2 Å². The molecule has 0 aromatic heterocycles. The summed E-state index contributed by atoms with van der Waals surface area (Å²) in [7, 11) is -3.61. The molecule has 24 heavy (non-hydrogen) atoms. The highest BCUT2D eigenvalue weighted by molar-refractivity contribution is 7.89. The van der Waals surface area contributed by atoms with E-state index in [2.05, 4.69) is 5.32 Å². The van der Waals surface area contributed by atoms with Gasteiger partial charge in [0.15, 0.2) is 0 Å². The predicted octanol–water partition coefficient (Wildman–Crippen LogP) is 0.534. The molecule has 1 aromatic carbocycles. The summed E-state index contributed by atoms with van der Waals surface area (Å²) in [5.74, 6) is -0.432. The maximum absolute atomic E-state index is 12.6. The number of carbonyl (C=O) groups is 1. The van der Waals surface area contributed by atoms with Gasteiger partial charge < -0.3 is 19.5 Å². The van der Waals surface area contributed by atoms with E-state index in [0.29, 0.717) is 45.2 Å². The number of rotatable bonds is 4. The molecule has 1 N–H and O–H groups in total. The number of amides is 1. The molecule has 0 saturated carbocycles. The molecule has 2 aliphatic heterocycles. The summed E-state index contributed by atoms with van der Waals surface area (Å²) in [6.07, 6.45) is 1.24. The number of nitrogens with one attached hydrogen (secondary N) is 1. The van der Waals surface area contributed by atoms with Gasteiger partial charge in [0.2, 0.25) is 15.8 Å². The lowest BCUT2D eigenvalue weighted by Crippen LogP contribution is -2.40. The minimum Gasteiger partial charge on any atom is -0.494 e. The number of nitrogens with zero attached hydrogens (tertiary/aromatic N) is 1. The number of hydrogen-bond acceptors (Lipinski definition) is 6. The lowest BCUT2D eigenvalue weighted by Gasteiger charge is -2.26. The van der Waals surface area contributed by atoms with Crippen LogP contribution >= 0.6 is 0 Å². The summed E-state index contributed by atoms with van der Waals surface area (Å²) >= 11 is 0. The SMILES string of the molecule is O=C(Nc1cccc(S(=O)(=O)N2CCOCC2)c1)C1=COCCO1. The van der Waals surface area contributed by atoms with Gasteiger partial charge in [-0.15, -0.1) is 0 Å². The Morgan fingerprint density at radius 2 is 1.92 bits per heavy atom. The molecule has 0 bridgehead atoms. The molecule has 1 aromatic rings. The zero-order chi connectivity index (χ0) is 17.0. The second-order valence-electron chi connectivity index (χ2n) is 5.20. The molecular weight excluding hydrogens is 336 g/mol. The van der Waals surface area contributed by atoms with Crippen molar-refractivity contribution in [2.24, 2.45) is 0 Å². The summed E-state index contributed by atoms with van der Waals surface area (Å²) in [6.45, 7) is 2.07. The van der Waals surface area contributed by atoms with Crippen molar-refractivity contribution in [3.8, 4) is 0 Å². The van der Waals surface area contributed by atoms with Gasteiger partial charge >= 0.3 is 0 Å².